The van der Waals surface area contributed by atoms with E-state index in [0.717, 1.165) is 0 Å². The molecule has 0 saturated carbocycles. The molecule has 0 aliphatic rings. The number of hydrogen-bond donors (Lipinski definition) is 1. The van der Waals surface area contributed by atoms with Crippen LogP contribution in [0.1, 0.15) is 16.2 Å². The van der Waals surface area contributed by atoms with Crippen LogP contribution >= 0.6 is 0 Å². The SMILES string of the molecule is COCCS(=O)(=O)Cc1cccc(C(=O)O)n1. The number of carboxylic acids is 1. The number of nitrogens with zero attached hydrogens (tertiary/aromatic N) is 1. The van der Waals surface area contributed by atoms with Gasteiger partial charge in [-0.2, -0.15) is 0 Å². The molecule has 6 nitrogen and oxygen atoms in total. The summed E-state index contributed by atoms with van der Waals surface area (Å²) in [6.45, 7) is 0.112. The number of carbonyl (C=O) groups is 1. The van der Waals surface area contributed by atoms with Gasteiger partial charge in [0.15, 0.2) is 9.84 Å². The van der Waals surface area contributed by atoms with Crippen molar-refractivity contribution >= 4 is 15.8 Å². The van der Waals surface area contributed by atoms with E-state index >= 15 is 0 Å². The number of ether oxygens (including phenoxy) is 1. The van der Waals surface area contributed by atoms with Crippen LogP contribution in [0.2, 0.25) is 0 Å². The van der Waals surface area contributed by atoms with Crippen LogP contribution in [0.25, 0.3) is 0 Å². The van der Waals surface area contributed by atoms with Crippen molar-refractivity contribution in [1.29, 1.82) is 0 Å². The molecule has 17 heavy (non-hydrogen) atoms. The van der Waals surface area contributed by atoms with Crippen LogP contribution in [0.3, 0.4) is 0 Å². The number of aromatic nitrogens is 1. The Bertz CT molecular complexity index is 497. The van der Waals surface area contributed by atoms with Crippen molar-refractivity contribution < 1.29 is 23.1 Å². The topological polar surface area (TPSA) is 93.6 Å². The minimum atomic E-state index is -3.32. The summed E-state index contributed by atoms with van der Waals surface area (Å²) in [6.07, 6.45) is 0. The van der Waals surface area contributed by atoms with Crippen LogP contribution < -0.4 is 0 Å². The number of pyridine rings is 1. The Morgan fingerprint density at radius 2 is 2.18 bits per heavy atom. The van der Waals surface area contributed by atoms with E-state index < -0.39 is 15.8 Å². The van der Waals surface area contributed by atoms with E-state index in [9.17, 15) is 13.2 Å². The fraction of sp³-hybridized carbons (Fsp3) is 0.400. The minimum absolute atomic E-state index is 0.109. The first-order chi connectivity index (χ1) is 7.94. The molecule has 0 amide bonds. The zero-order valence-corrected chi connectivity index (χ0v) is 10.1. The van der Waals surface area contributed by atoms with Gasteiger partial charge in [-0.25, -0.2) is 18.2 Å². The van der Waals surface area contributed by atoms with Gasteiger partial charge in [0.2, 0.25) is 0 Å². The number of sulfone groups is 1. The highest BCUT2D eigenvalue weighted by Crippen LogP contribution is 2.05. The largest absolute Gasteiger partial charge is 0.477 e. The summed E-state index contributed by atoms with van der Waals surface area (Å²) in [5, 5.41) is 8.72. The Morgan fingerprint density at radius 3 is 2.76 bits per heavy atom. The fourth-order valence-corrected chi connectivity index (χ4v) is 2.36. The van der Waals surface area contributed by atoms with E-state index in [1.54, 1.807) is 0 Å². The van der Waals surface area contributed by atoms with Crippen molar-refractivity contribution in [3.8, 4) is 0 Å². The molecule has 1 aromatic heterocycles. The van der Waals surface area contributed by atoms with Gasteiger partial charge in [-0.3, -0.25) is 0 Å². The molecule has 94 valence electrons. The second kappa shape index (κ2) is 5.74. The molecular formula is C10H13NO5S. The second-order valence-electron chi connectivity index (χ2n) is 3.40. The van der Waals surface area contributed by atoms with Gasteiger partial charge in [0, 0.05) is 7.11 Å². The van der Waals surface area contributed by atoms with Crippen molar-refractivity contribution in [2.24, 2.45) is 0 Å². The van der Waals surface area contributed by atoms with E-state index in [2.05, 4.69) is 9.72 Å². The van der Waals surface area contributed by atoms with Crippen molar-refractivity contribution in [1.82, 2.24) is 4.98 Å². The average molecular weight is 259 g/mol. The molecule has 0 saturated heterocycles. The molecule has 0 spiro atoms. The minimum Gasteiger partial charge on any atom is -0.477 e. The standard InChI is InChI=1S/C10H13NO5S/c1-16-5-6-17(14,15)7-8-3-2-4-9(11-8)10(12)13/h2-4H,5-7H2,1H3,(H,12,13). The van der Waals surface area contributed by atoms with Crippen molar-refractivity contribution in [3.05, 3.63) is 29.6 Å². The zero-order chi connectivity index (χ0) is 12.9. The summed E-state index contributed by atoms with van der Waals surface area (Å²) in [7, 11) is -1.90. The number of rotatable bonds is 6. The van der Waals surface area contributed by atoms with E-state index in [1.165, 1.54) is 25.3 Å². The third kappa shape index (κ3) is 4.49. The molecule has 1 aromatic rings. The lowest BCUT2D eigenvalue weighted by Crippen LogP contribution is -2.15. The highest BCUT2D eigenvalue weighted by atomic mass is 32.2. The van der Waals surface area contributed by atoms with Crippen LogP contribution in [0, 0.1) is 0 Å². The van der Waals surface area contributed by atoms with Crippen LogP contribution in [0.15, 0.2) is 18.2 Å². The number of aromatic carboxylic acids is 1. The number of methoxy groups -OCH3 is 1. The Balaban J connectivity index is 2.81. The molecule has 7 heteroatoms. The van der Waals surface area contributed by atoms with Gasteiger partial charge in [0.25, 0.3) is 0 Å². The summed E-state index contributed by atoms with van der Waals surface area (Å²) in [5.41, 5.74) is 0.0606. The van der Waals surface area contributed by atoms with Crippen LogP contribution in [-0.2, 0) is 20.3 Å². The lowest BCUT2D eigenvalue weighted by Gasteiger charge is -2.04. The van der Waals surface area contributed by atoms with Crippen LogP contribution in [0.5, 0.6) is 0 Å². The molecule has 0 aliphatic heterocycles. The first-order valence-corrected chi connectivity index (χ1v) is 6.65. The first kappa shape index (κ1) is 13.6. The maximum absolute atomic E-state index is 11.6. The van der Waals surface area contributed by atoms with Crippen LogP contribution in [0.4, 0.5) is 0 Å². The summed E-state index contributed by atoms with van der Waals surface area (Å²) < 4.78 is 27.8. The number of hydrogen-bond acceptors (Lipinski definition) is 5. The molecule has 0 unspecified atom stereocenters. The predicted octanol–water partition coefficient (Wildman–Crippen LogP) is 0.341. The number of carboxylic acid groups (broad SMARTS) is 1. The molecule has 1 rings (SSSR count). The van der Waals surface area contributed by atoms with Crippen molar-refractivity contribution in [2.45, 2.75) is 5.75 Å². The third-order valence-corrected chi connectivity index (χ3v) is 3.52. The van der Waals surface area contributed by atoms with E-state index in [0.29, 0.717) is 0 Å². The maximum Gasteiger partial charge on any atom is 0.354 e. The molecule has 1 N–H and O–H groups in total. The fourth-order valence-electron chi connectivity index (χ4n) is 1.19. The summed E-state index contributed by atoms with van der Waals surface area (Å²) in [4.78, 5) is 14.4. The second-order valence-corrected chi connectivity index (χ2v) is 5.59. The smallest absolute Gasteiger partial charge is 0.354 e. The average Bonchev–Trinajstić information content (AvgIpc) is 2.26. The van der Waals surface area contributed by atoms with E-state index in [1.807, 2.05) is 0 Å². The van der Waals surface area contributed by atoms with Gasteiger partial charge >= 0.3 is 5.97 Å². The van der Waals surface area contributed by atoms with Gasteiger partial charge in [-0.15, -0.1) is 0 Å². The maximum atomic E-state index is 11.6. The third-order valence-electron chi connectivity index (χ3n) is 1.99. The molecule has 0 aliphatic carbocycles. The molecular weight excluding hydrogens is 246 g/mol. The Kier molecular flexibility index (Phi) is 4.59. The Morgan fingerprint density at radius 1 is 1.47 bits per heavy atom. The van der Waals surface area contributed by atoms with Gasteiger partial charge in [-0.05, 0) is 12.1 Å². The lowest BCUT2D eigenvalue weighted by molar-refractivity contribution is 0.0690. The molecule has 0 bridgehead atoms. The monoisotopic (exact) mass is 259 g/mol. The van der Waals surface area contributed by atoms with Crippen LogP contribution in [-0.4, -0.2) is 43.9 Å². The van der Waals surface area contributed by atoms with Crippen molar-refractivity contribution in [2.75, 3.05) is 19.5 Å². The Labute approximate surface area is 99.2 Å². The van der Waals surface area contributed by atoms with Gasteiger partial charge in [0.05, 0.1) is 23.8 Å². The molecule has 1 heterocycles. The highest BCUT2D eigenvalue weighted by molar-refractivity contribution is 7.90. The van der Waals surface area contributed by atoms with Gasteiger partial charge in [-0.1, -0.05) is 6.07 Å². The molecule has 0 aromatic carbocycles. The first-order valence-electron chi connectivity index (χ1n) is 4.83. The molecule has 0 atom stereocenters. The highest BCUT2D eigenvalue weighted by Gasteiger charge is 2.14. The van der Waals surface area contributed by atoms with Gasteiger partial charge < -0.3 is 9.84 Å². The summed E-state index contributed by atoms with van der Waals surface area (Å²) in [5.74, 6) is -1.57. The van der Waals surface area contributed by atoms with E-state index in [4.69, 9.17) is 5.11 Å². The summed E-state index contributed by atoms with van der Waals surface area (Å²) in [6, 6.07) is 4.27. The van der Waals surface area contributed by atoms with E-state index in [-0.39, 0.29) is 29.5 Å². The van der Waals surface area contributed by atoms with Gasteiger partial charge in [0.1, 0.15) is 5.69 Å². The summed E-state index contributed by atoms with van der Waals surface area (Å²) >= 11 is 0. The normalized spacial score (nSPS) is 11.4. The lowest BCUT2D eigenvalue weighted by atomic mass is 10.3. The quantitative estimate of drug-likeness (QED) is 0.791. The molecule has 0 radical (unpaired) electrons. The van der Waals surface area contributed by atoms with Crippen molar-refractivity contribution in [3.63, 3.8) is 0 Å². The predicted molar refractivity (Wildman–Crippen MR) is 60.6 cm³/mol. The Hall–Kier alpha value is -1.47. The molecule has 0 fully saturated rings. The zero-order valence-electron chi connectivity index (χ0n) is 9.29.